The molecule has 0 aromatic heterocycles. The number of rotatable bonds is 2. The highest BCUT2D eigenvalue weighted by molar-refractivity contribution is 5.76. The molecular formula is C10H11NO4. The third kappa shape index (κ3) is 1.61. The molecule has 1 unspecified atom stereocenters. The summed E-state index contributed by atoms with van der Waals surface area (Å²) in [7, 11) is 0. The van der Waals surface area contributed by atoms with E-state index in [1.54, 1.807) is 19.1 Å². The van der Waals surface area contributed by atoms with Gasteiger partial charge < -0.3 is 20.3 Å². The van der Waals surface area contributed by atoms with Crippen LogP contribution in [0.4, 0.5) is 0 Å². The highest BCUT2D eigenvalue weighted by Gasteiger charge is 2.22. The van der Waals surface area contributed by atoms with Gasteiger partial charge in [-0.25, -0.2) is 0 Å². The standard InChI is InChI=1S/C10H11NO4/c1-5-2-7-8(15-4-14-7)3-6(5)9(11)10(12)13/h2-3,9H,4,11H2,1H3,(H,12,13). The first-order valence-corrected chi connectivity index (χ1v) is 4.48. The van der Waals surface area contributed by atoms with Crippen molar-refractivity contribution in [2.75, 3.05) is 6.79 Å². The molecule has 1 aliphatic rings. The summed E-state index contributed by atoms with van der Waals surface area (Å²) in [6.45, 7) is 1.96. The van der Waals surface area contributed by atoms with Crippen molar-refractivity contribution >= 4 is 5.97 Å². The van der Waals surface area contributed by atoms with E-state index in [0.717, 1.165) is 5.56 Å². The van der Waals surface area contributed by atoms with Crippen molar-refractivity contribution in [3.63, 3.8) is 0 Å². The number of ether oxygens (including phenoxy) is 2. The van der Waals surface area contributed by atoms with Crippen LogP contribution in [-0.4, -0.2) is 17.9 Å². The van der Waals surface area contributed by atoms with Crippen LogP contribution >= 0.6 is 0 Å². The van der Waals surface area contributed by atoms with Gasteiger partial charge in [0, 0.05) is 0 Å². The predicted molar refractivity (Wildman–Crippen MR) is 51.9 cm³/mol. The molecule has 0 spiro atoms. The van der Waals surface area contributed by atoms with Crippen LogP contribution in [0.15, 0.2) is 12.1 Å². The van der Waals surface area contributed by atoms with Crippen molar-refractivity contribution in [2.24, 2.45) is 5.73 Å². The van der Waals surface area contributed by atoms with Crippen LogP contribution in [-0.2, 0) is 4.79 Å². The molecular weight excluding hydrogens is 198 g/mol. The van der Waals surface area contributed by atoms with Crippen molar-refractivity contribution in [1.82, 2.24) is 0 Å². The lowest BCUT2D eigenvalue weighted by molar-refractivity contribution is -0.138. The third-order valence-electron chi connectivity index (χ3n) is 2.36. The van der Waals surface area contributed by atoms with E-state index in [4.69, 9.17) is 20.3 Å². The third-order valence-corrected chi connectivity index (χ3v) is 2.36. The van der Waals surface area contributed by atoms with Crippen molar-refractivity contribution in [2.45, 2.75) is 13.0 Å². The first kappa shape index (κ1) is 9.79. The average Bonchev–Trinajstić information content (AvgIpc) is 2.62. The molecule has 0 bridgehead atoms. The minimum absolute atomic E-state index is 0.167. The number of hydrogen-bond acceptors (Lipinski definition) is 4. The van der Waals surface area contributed by atoms with Crippen LogP contribution in [0.1, 0.15) is 17.2 Å². The van der Waals surface area contributed by atoms with Gasteiger partial charge in [-0.1, -0.05) is 0 Å². The van der Waals surface area contributed by atoms with Crippen molar-refractivity contribution in [3.8, 4) is 11.5 Å². The molecule has 5 nitrogen and oxygen atoms in total. The SMILES string of the molecule is Cc1cc2c(cc1C(N)C(=O)O)OCO2. The highest BCUT2D eigenvalue weighted by Crippen LogP contribution is 2.36. The Morgan fingerprint density at radius 1 is 1.47 bits per heavy atom. The normalized spacial score (nSPS) is 15.1. The van der Waals surface area contributed by atoms with E-state index in [1.807, 2.05) is 0 Å². The Bertz CT molecular complexity index is 416. The van der Waals surface area contributed by atoms with Gasteiger partial charge in [-0.15, -0.1) is 0 Å². The molecule has 2 rings (SSSR count). The number of aliphatic carboxylic acids is 1. The van der Waals surface area contributed by atoms with Gasteiger partial charge in [0.15, 0.2) is 11.5 Å². The average molecular weight is 209 g/mol. The molecule has 80 valence electrons. The highest BCUT2D eigenvalue weighted by atomic mass is 16.7. The van der Waals surface area contributed by atoms with Crippen molar-refractivity contribution < 1.29 is 19.4 Å². The second kappa shape index (κ2) is 3.43. The Labute approximate surface area is 86.4 Å². The number of carbonyl (C=O) groups is 1. The maximum Gasteiger partial charge on any atom is 0.325 e. The van der Waals surface area contributed by atoms with Crippen LogP contribution in [0.3, 0.4) is 0 Å². The summed E-state index contributed by atoms with van der Waals surface area (Å²) in [4.78, 5) is 10.8. The van der Waals surface area contributed by atoms with Crippen LogP contribution in [0.25, 0.3) is 0 Å². The topological polar surface area (TPSA) is 81.8 Å². The number of carboxylic acids is 1. The minimum Gasteiger partial charge on any atom is -0.480 e. The van der Waals surface area contributed by atoms with Crippen LogP contribution in [0, 0.1) is 6.92 Å². The molecule has 1 aromatic carbocycles. The number of fused-ring (bicyclic) bond motifs is 1. The lowest BCUT2D eigenvalue weighted by Crippen LogP contribution is -2.21. The lowest BCUT2D eigenvalue weighted by atomic mass is 10.0. The largest absolute Gasteiger partial charge is 0.480 e. The minimum atomic E-state index is -1.06. The molecule has 15 heavy (non-hydrogen) atoms. The van der Waals surface area contributed by atoms with Gasteiger partial charge in [0.05, 0.1) is 0 Å². The summed E-state index contributed by atoms with van der Waals surface area (Å²) >= 11 is 0. The number of aryl methyl sites for hydroxylation is 1. The van der Waals surface area contributed by atoms with E-state index in [1.165, 1.54) is 0 Å². The number of carboxylic acid groups (broad SMARTS) is 1. The number of nitrogens with two attached hydrogens (primary N) is 1. The quantitative estimate of drug-likeness (QED) is 0.753. The van der Waals surface area contributed by atoms with Crippen molar-refractivity contribution in [3.05, 3.63) is 23.3 Å². The van der Waals surface area contributed by atoms with E-state index >= 15 is 0 Å². The van der Waals surface area contributed by atoms with Gasteiger partial charge in [0.2, 0.25) is 6.79 Å². The molecule has 1 atom stereocenters. The second-order valence-electron chi connectivity index (χ2n) is 3.38. The van der Waals surface area contributed by atoms with Crippen LogP contribution in [0.2, 0.25) is 0 Å². The molecule has 0 radical (unpaired) electrons. The molecule has 0 aliphatic carbocycles. The molecule has 0 saturated carbocycles. The van der Waals surface area contributed by atoms with E-state index < -0.39 is 12.0 Å². The molecule has 1 heterocycles. The monoisotopic (exact) mass is 209 g/mol. The Morgan fingerprint density at radius 2 is 2.07 bits per heavy atom. The van der Waals surface area contributed by atoms with E-state index in [2.05, 4.69) is 0 Å². The Kier molecular flexibility index (Phi) is 2.24. The summed E-state index contributed by atoms with van der Waals surface area (Å²) in [5.74, 6) is 0.123. The zero-order valence-electron chi connectivity index (χ0n) is 8.19. The lowest BCUT2D eigenvalue weighted by Gasteiger charge is -2.11. The van der Waals surface area contributed by atoms with Crippen LogP contribution in [0.5, 0.6) is 11.5 Å². The molecule has 3 N–H and O–H groups in total. The van der Waals surface area contributed by atoms with Gasteiger partial charge >= 0.3 is 5.97 Å². The Morgan fingerprint density at radius 3 is 2.67 bits per heavy atom. The van der Waals surface area contributed by atoms with Gasteiger partial charge in [-0.05, 0) is 30.2 Å². The Balaban J connectivity index is 2.44. The summed E-state index contributed by atoms with van der Waals surface area (Å²) in [6, 6.07) is 2.33. The summed E-state index contributed by atoms with van der Waals surface area (Å²) < 4.78 is 10.3. The maximum atomic E-state index is 10.8. The first-order chi connectivity index (χ1) is 7.09. The zero-order valence-corrected chi connectivity index (χ0v) is 8.19. The summed E-state index contributed by atoms with van der Waals surface area (Å²) in [5, 5.41) is 8.81. The first-order valence-electron chi connectivity index (χ1n) is 4.48. The second-order valence-corrected chi connectivity index (χ2v) is 3.38. The fourth-order valence-corrected chi connectivity index (χ4v) is 1.53. The van der Waals surface area contributed by atoms with E-state index in [-0.39, 0.29) is 6.79 Å². The van der Waals surface area contributed by atoms with Gasteiger partial charge in [-0.3, -0.25) is 4.79 Å². The fraction of sp³-hybridized carbons (Fsp3) is 0.300. The van der Waals surface area contributed by atoms with Gasteiger partial charge in [-0.2, -0.15) is 0 Å². The molecule has 1 aliphatic heterocycles. The van der Waals surface area contributed by atoms with E-state index in [0.29, 0.717) is 17.1 Å². The summed E-state index contributed by atoms with van der Waals surface area (Å²) in [6.07, 6.45) is 0. The molecule has 1 aromatic rings. The van der Waals surface area contributed by atoms with Crippen molar-refractivity contribution in [1.29, 1.82) is 0 Å². The molecule has 5 heteroatoms. The van der Waals surface area contributed by atoms with Crippen LogP contribution < -0.4 is 15.2 Å². The van der Waals surface area contributed by atoms with Gasteiger partial charge in [0.1, 0.15) is 6.04 Å². The van der Waals surface area contributed by atoms with Gasteiger partial charge in [0.25, 0.3) is 0 Å². The summed E-state index contributed by atoms with van der Waals surface area (Å²) in [5.41, 5.74) is 6.87. The zero-order chi connectivity index (χ0) is 11.0. The Hall–Kier alpha value is -1.75. The van der Waals surface area contributed by atoms with E-state index in [9.17, 15) is 4.79 Å². The molecule has 0 saturated heterocycles. The smallest absolute Gasteiger partial charge is 0.325 e. The number of hydrogen-bond donors (Lipinski definition) is 2. The fourth-order valence-electron chi connectivity index (χ4n) is 1.53. The predicted octanol–water partition coefficient (Wildman–Crippen LogP) is 0.808. The number of benzene rings is 1. The molecule has 0 fully saturated rings. The maximum absolute atomic E-state index is 10.8. The molecule has 0 amide bonds.